The van der Waals surface area contributed by atoms with Crippen LogP contribution in [0.5, 0.6) is 0 Å². The molecule has 0 aliphatic heterocycles. The molecule has 0 aliphatic carbocycles. The Kier molecular flexibility index (Phi) is 6.32. The first-order valence-corrected chi connectivity index (χ1v) is 8.03. The zero-order valence-corrected chi connectivity index (χ0v) is 14.0. The van der Waals surface area contributed by atoms with Crippen LogP contribution < -0.4 is 10.6 Å². The smallest absolute Gasteiger partial charge is 0.255 e. The van der Waals surface area contributed by atoms with Crippen molar-refractivity contribution >= 4 is 29.1 Å². The minimum atomic E-state index is -0.548. The van der Waals surface area contributed by atoms with Gasteiger partial charge in [0.1, 0.15) is 5.82 Å². The van der Waals surface area contributed by atoms with Gasteiger partial charge in [-0.25, -0.2) is 4.39 Å². The molecule has 0 atom stereocenters. The molecule has 126 valence electrons. The molecule has 0 aromatic heterocycles. The zero-order chi connectivity index (χ0) is 17.5. The van der Waals surface area contributed by atoms with Crippen LogP contribution in [0.25, 0.3) is 0 Å². The third-order valence-electron chi connectivity index (χ3n) is 3.40. The second kappa shape index (κ2) is 8.45. The molecule has 2 aromatic carbocycles. The molecule has 0 aliphatic rings. The number of benzene rings is 2. The minimum Gasteiger partial charge on any atom is -0.352 e. The first-order valence-electron chi connectivity index (χ1n) is 7.66. The molecular formula is C18H18ClFN2O2. The highest BCUT2D eigenvalue weighted by atomic mass is 35.5. The molecular weight excluding hydrogens is 331 g/mol. The predicted molar refractivity (Wildman–Crippen MR) is 93.0 cm³/mol. The lowest BCUT2D eigenvalue weighted by molar-refractivity contribution is 0.0951. The van der Waals surface area contributed by atoms with Crippen molar-refractivity contribution < 1.29 is 14.0 Å². The summed E-state index contributed by atoms with van der Waals surface area (Å²) in [6, 6.07) is 10.3. The van der Waals surface area contributed by atoms with E-state index in [1.807, 2.05) is 6.92 Å². The zero-order valence-electron chi connectivity index (χ0n) is 13.2. The van der Waals surface area contributed by atoms with Gasteiger partial charge in [-0.05, 0) is 48.9 Å². The molecule has 0 saturated carbocycles. The summed E-state index contributed by atoms with van der Waals surface area (Å²) in [5.74, 6) is -1.08. The highest BCUT2D eigenvalue weighted by Gasteiger charge is 2.10. The Bertz CT molecular complexity index is 732. The summed E-state index contributed by atoms with van der Waals surface area (Å²) in [5, 5.41) is 5.37. The van der Waals surface area contributed by atoms with Gasteiger partial charge in [-0.2, -0.15) is 0 Å². The van der Waals surface area contributed by atoms with Crippen molar-refractivity contribution in [1.82, 2.24) is 5.32 Å². The van der Waals surface area contributed by atoms with Crippen molar-refractivity contribution in [1.29, 1.82) is 0 Å². The van der Waals surface area contributed by atoms with E-state index in [2.05, 4.69) is 10.6 Å². The molecule has 0 radical (unpaired) electrons. The molecule has 2 aromatic rings. The van der Waals surface area contributed by atoms with Crippen LogP contribution in [0, 0.1) is 5.82 Å². The number of amides is 2. The van der Waals surface area contributed by atoms with E-state index in [4.69, 9.17) is 11.6 Å². The van der Waals surface area contributed by atoms with Crippen LogP contribution in [0.4, 0.5) is 10.1 Å². The number of hydrogen-bond acceptors (Lipinski definition) is 2. The molecule has 2 rings (SSSR count). The van der Waals surface area contributed by atoms with Crippen LogP contribution in [0.1, 0.15) is 40.5 Å². The van der Waals surface area contributed by atoms with Crippen molar-refractivity contribution in [2.45, 2.75) is 19.8 Å². The maximum Gasteiger partial charge on any atom is 0.255 e. The van der Waals surface area contributed by atoms with Gasteiger partial charge in [0.25, 0.3) is 11.8 Å². The maximum absolute atomic E-state index is 13.1. The Morgan fingerprint density at radius 1 is 1.04 bits per heavy atom. The predicted octanol–water partition coefficient (Wildman–Crippen LogP) is 4.26. The molecule has 0 bridgehead atoms. The number of carbonyl (C=O) groups is 2. The largest absolute Gasteiger partial charge is 0.352 e. The fraction of sp³-hybridized carbons (Fsp3) is 0.222. The van der Waals surface area contributed by atoms with Gasteiger partial charge in [0, 0.05) is 23.4 Å². The highest BCUT2D eigenvalue weighted by Crippen LogP contribution is 2.20. The number of halogens is 2. The first kappa shape index (κ1) is 17.9. The average molecular weight is 349 g/mol. The lowest BCUT2D eigenvalue weighted by Crippen LogP contribution is -2.24. The van der Waals surface area contributed by atoms with E-state index in [1.165, 1.54) is 18.2 Å². The van der Waals surface area contributed by atoms with Crippen LogP contribution >= 0.6 is 11.6 Å². The molecule has 0 heterocycles. The van der Waals surface area contributed by atoms with Crippen LogP contribution in [-0.2, 0) is 0 Å². The van der Waals surface area contributed by atoms with Crippen LogP contribution in [0.15, 0.2) is 42.5 Å². The van der Waals surface area contributed by atoms with E-state index in [0.717, 1.165) is 12.8 Å². The maximum atomic E-state index is 13.1. The van der Waals surface area contributed by atoms with Crippen molar-refractivity contribution in [3.05, 3.63) is 64.4 Å². The average Bonchev–Trinajstić information content (AvgIpc) is 2.58. The van der Waals surface area contributed by atoms with Crippen molar-refractivity contribution in [2.24, 2.45) is 0 Å². The van der Waals surface area contributed by atoms with Crippen LogP contribution in [0.3, 0.4) is 0 Å². The second-order valence-electron chi connectivity index (χ2n) is 5.27. The molecule has 6 heteroatoms. The molecule has 0 fully saturated rings. The van der Waals surface area contributed by atoms with Gasteiger partial charge in [0.15, 0.2) is 0 Å². The van der Waals surface area contributed by atoms with Crippen LogP contribution in [0.2, 0.25) is 5.02 Å². The van der Waals surface area contributed by atoms with Gasteiger partial charge in [-0.1, -0.05) is 24.9 Å². The lowest BCUT2D eigenvalue weighted by Gasteiger charge is -2.07. The SMILES string of the molecule is CCCCNC(=O)c1ccc(C(=O)Nc2ccc(F)c(Cl)c2)cc1. The molecule has 2 N–H and O–H groups in total. The number of nitrogens with one attached hydrogen (secondary N) is 2. The Labute approximate surface area is 145 Å². The Balaban J connectivity index is 2.00. The van der Waals surface area contributed by atoms with Gasteiger partial charge in [-0.3, -0.25) is 9.59 Å². The Hall–Kier alpha value is -2.40. The van der Waals surface area contributed by atoms with Gasteiger partial charge >= 0.3 is 0 Å². The number of unbranched alkanes of at least 4 members (excludes halogenated alkanes) is 1. The first-order chi connectivity index (χ1) is 11.5. The van der Waals surface area contributed by atoms with Crippen LogP contribution in [-0.4, -0.2) is 18.4 Å². The molecule has 24 heavy (non-hydrogen) atoms. The molecule has 0 unspecified atom stereocenters. The number of hydrogen-bond donors (Lipinski definition) is 2. The number of rotatable bonds is 6. The molecule has 0 saturated heterocycles. The van der Waals surface area contributed by atoms with E-state index in [0.29, 0.717) is 23.4 Å². The third-order valence-corrected chi connectivity index (χ3v) is 3.69. The van der Waals surface area contributed by atoms with Gasteiger partial charge in [0.2, 0.25) is 0 Å². The van der Waals surface area contributed by atoms with Gasteiger partial charge < -0.3 is 10.6 Å². The van der Waals surface area contributed by atoms with E-state index in [9.17, 15) is 14.0 Å². The lowest BCUT2D eigenvalue weighted by atomic mass is 10.1. The van der Waals surface area contributed by atoms with Crippen molar-refractivity contribution in [3.63, 3.8) is 0 Å². The summed E-state index contributed by atoms with van der Waals surface area (Å²) in [6.45, 7) is 2.68. The monoisotopic (exact) mass is 348 g/mol. The Morgan fingerprint density at radius 2 is 1.67 bits per heavy atom. The fourth-order valence-corrected chi connectivity index (χ4v) is 2.21. The summed E-state index contributed by atoms with van der Waals surface area (Å²) in [4.78, 5) is 24.1. The van der Waals surface area contributed by atoms with Crippen molar-refractivity contribution in [3.8, 4) is 0 Å². The highest BCUT2D eigenvalue weighted by molar-refractivity contribution is 6.31. The second-order valence-corrected chi connectivity index (χ2v) is 5.68. The summed E-state index contributed by atoms with van der Waals surface area (Å²) >= 11 is 5.68. The van der Waals surface area contributed by atoms with Crippen molar-refractivity contribution in [2.75, 3.05) is 11.9 Å². The quantitative estimate of drug-likeness (QED) is 0.766. The molecule has 0 spiro atoms. The fourth-order valence-electron chi connectivity index (χ4n) is 2.03. The normalized spacial score (nSPS) is 10.3. The minimum absolute atomic E-state index is 0.0631. The van der Waals surface area contributed by atoms with Gasteiger partial charge in [-0.15, -0.1) is 0 Å². The number of carbonyl (C=O) groups excluding carboxylic acids is 2. The van der Waals surface area contributed by atoms with E-state index in [-0.39, 0.29) is 16.8 Å². The Morgan fingerprint density at radius 3 is 2.25 bits per heavy atom. The standard InChI is InChI=1S/C18H18ClFN2O2/c1-2-3-10-21-17(23)12-4-6-13(7-5-12)18(24)22-14-8-9-16(20)15(19)11-14/h4-9,11H,2-3,10H2,1H3,(H,21,23)(H,22,24). The topological polar surface area (TPSA) is 58.2 Å². The molecule has 4 nitrogen and oxygen atoms in total. The summed E-state index contributed by atoms with van der Waals surface area (Å²) < 4.78 is 13.1. The summed E-state index contributed by atoms with van der Waals surface area (Å²) in [6.07, 6.45) is 1.93. The summed E-state index contributed by atoms with van der Waals surface area (Å²) in [7, 11) is 0. The van der Waals surface area contributed by atoms with Gasteiger partial charge in [0.05, 0.1) is 5.02 Å². The number of anilines is 1. The van der Waals surface area contributed by atoms with E-state index >= 15 is 0 Å². The third kappa shape index (κ3) is 4.80. The van der Waals surface area contributed by atoms with E-state index in [1.54, 1.807) is 24.3 Å². The summed E-state index contributed by atoms with van der Waals surface area (Å²) in [5.41, 5.74) is 1.28. The van der Waals surface area contributed by atoms with E-state index < -0.39 is 5.82 Å². The molecule has 2 amide bonds.